The molecule has 0 bridgehead atoms. The van der Waals surface area contributed by atoms with Crippen LogP contribution >= 0.6 is 0 Å². The highest BCUT2D eigenvalue weighted by atomic mass is 16.4. The van der Waals surface area contributed by atoms with Crippen LogP contribution in [0.4, 0.5) is 4.79 Å². The maximum absolute atomic E-state index is 12.1. The zero-order valence-electron chi connectivity index (χ0n) is 12.5. The molecule has 0 radical (unpaired) electrons. The van der Waals surface area contributed by atoms with Crippen molar-refractivity contribution in [2.45, 2.75) is 46.6 Å². The zero-order chi connectivity index (χ0) is 15.7. The number of urea groups is 1. The number of rotatable bonds is 7. The summed E-state index contributed by atoms with van der Waals surface area (Å²) in [7, 11) is 0. The third-order valence-corrected chi connectivity index (χ3v) is 2.81. The molecule has 0 saturated heterocycles. The molecule has 0 aliphatic heterocycles. The molecular weight excluding hydrogens is 260 g/mol. The first-order chi connectivity index (χ1) is 9.31. The average molecular weight is 284 g/mol. The summed E-state index contributed by atoms with van der Waals surface area (Å²) in [5.41, 5.74) is 0. The van der Waals surface area contributed by atoms with Gasteiger partial charge in [-0.1, -0.05) is 27.7 Å². The first-order valence-corrected chi connectivity index (χ1v) is 6.84. The molecule has 6 nitrogen and oxygen atoms in total. The van der Waals surface area contributed by atoms with Crippen molar-refractivity contribution in [2.75, 3.05) is 6.54 Å². The highest BCUT2D eigenvalue weighted by molar-refractivity contribution is 6.02. The summed E-state index contributed by atoms with van der Waals surface area (Å²) in [4.78, 5) is 35.5. The van der Waals surface area contributed by atoms with E-state index in [0.717, 1.165) is 18.9 Å². The SMILES string of the molecule is CCC(CC)N(CC(C)C)C(=O)NC(=O)C=CC(=O)O. The lowest BCUT2D eigenvalue weighted by Gasteiger charge is -2.31. The van der Waals surface area contributed by atoms with Gasteiger partial charge in [0.25, 0.3) is 5.91 Å². The molecule has 0 aromatic rings. The molecule has 6 heteroatoms. The maximum atomic E-state index is 12.1. The Kier molecular flexibility index (Phi) is 8.27. The molecule has 0 fully saturated rings. The lowest BCUT2D eigenvalue weighted by molar-refractivity contribution is -0.131. The highest BCUT2D eigenvalue weighted by Crippen LogP contribution is 2.11. The number of carbonyl (C=O) groups is 3. The Hall–Kier alpha value is -1.85. The van der Waals surface area contributed by atoms with Crippen molar-refractivity contribution in [2.24, 2.45) is 5.92 Å². The Labute approximate surface area is 119 Å². The molecule has 3 amide bonds. The molecule has 0 aliphatic carbocycles. The number of hydrogen-bond acceptors (Lipinski definition) is 3. The number of carbonyl (C=O) groups excluding carboxylic acids is 2. The number of nitrogens with zero attached hydrogens (tertiary/aromatic N) is 1. The summed E-state index contributed by atoms with van der Waals surface area (Å²) in [6.07, 6.45) is 3.14. The van der Waals surface area contributed by atoms with Crippen LogP contribution in [-0.4, -0.2) is 40.5 Å². The van der Waals surface area contributed by atoms with Crippen LogP contribution in [0.15, 0.2) is 12.2 Å². The number of carboxylic acids is 1. The van der Waals surface area contributed by atoms with Gasteiger partial charge in [-0.15, -0.1) is 0 Å². The van der Waals surface area contributed by atoms with E-state index in [1.807, 2.05) is 27.7 Å². The third kappa shape index (κ3) is 6.92. The van der Waals surface area contributed by atoms with Gasteiger partial charge in [-0.05, 0) is 18.8 Å². The van der Waals surface area contributed by atoms with E-state index in [1.165, 1.54) is 0 Å². The van der Waals surface area contributed by atoms with E-state index in [-0.39, 0.29) is 12.0 Å². The van der Waals surface area contributed by atoms with Gasteiger partial charge < -0.3 is 10.0 Å². The van der Waals surface area contributed by atoms with Crippen LogP contribution in [0.5, 0.6) is 0 Å². The summed E-state index contributed by atoms with van der Waals surface area (Å²) in [5.74, 6) is -1.67. The number of aliphatic carboxylic acids is 1. The third-order valence-electron chi connectivity index (χ3n) is 2.81. The maximum Gasteiger partial charge on any atom is 0.328 e. The van der Waals surface area contributed by atoms with Crippen LogP contribution in [0.1, 0.15) is 40.5 Å². The molecule has 0 saturated carbocycles. The van der Waals surface area contributed by atoms with Crippen molar-refractivity contribution in [3.05, 3.63) is 12.2 Å². The van der Waals surface area contributed by atoms with Crippen molar-refractivity contribution < 1.29 is 19.5 Å². The summed E-state index contributed by atoms with van der Waals surface area (Å²) in [5, 5.41) is 10.6. The van der Waals surface area contributed by atoms with E-state index >= 15 is 0 Å². The predicted octanol–water partition coefficient (Wildman–Crippen LogP) is 2.01. The molecule has 0 heterocycles. The minimum absolute atomic E-state index is 0.0636. The van der Waals surface area contributed by atoms with Crippen molar-refractivity contribution in [3.63, 3.8) is 0 Å². The Morgan fingerprint density at radius 2 is 1.70 bits per heavy atom. The average Bonchev–Trinajstić information content (AvgIpc) is 2.36. The topological polar surface area (TPSA) is 86.7 Å². The second kappa shape index (κ2) is 9.12. The smallest absolute Gasteiger partial charge is 0.328 e. The molecule has 2 N–H and O–H groups in total. The van der Waals surface area contributed by atoms with Gasteiger partial charge in [-0.3, -0.25) is 10.1 Å². The van der Waals surface area contributed by atoms with Gasteiger partial charge in [0.15, 0.2) is 0 Å². The molecule has 20 heavy (non-hydrogen) atoms. The van der Waals surface area contributed by atoms with Crippen molar-refractivity contribution >= 4 is 17.9 Å². The van der Waals surface area contributed by atoms with E-state index in [0.29, 0.717) is 12.6 Å². The number of carboxylic acid groups (broad SMARTS) is 1. The fourth-order valence-electron chi connectivity index (χ4n) is 1.89. The molecule has 0 unspecified atom stereocenters. The van der Waals surface area contributed by atoms with Crippen LogP contribution in [0.25, 0.3) is 0 Å². The van der Waals surface area contributed by atoms with Gasteiger partial charge in [0.05, 0.1) is 0 Å². The first-order valence-electron chi connectivity index (χ1n) is 6.84. The van der Waals surface area contributed by atoms with E-state index in [1.54, 1.807) is 4.90 Å². The fraction of sp³-hybridized carbons (Fsp3) is 0.643. The molecule has 0 atom stereocenters. The first kappa shape index (κ1) is 18.1. The standard InChI is InChI=1S/C14H24N2O4/c1-5-11(6-2)16(9-10(3)4)14(20)15-12(17)7-8-13(18)19/h7-8,10-11H,5-6,9H2,1-4H3,(H,18,19)(H,15,17,20). The van der Waals surface area contributed by atoms with Crippen LogP contribution < -0.4 is 5.32 Å². The summed E-state index contributed by atoms with van der Waals surface area (Å²) in [6.45, 7) is 8.51. The van der Waals surface area contributed by atoms with Gasteiger partial charge in [-0.2, -0.15) is 0 Å². The van der Waals surface area contributed by atoms with Crippen LogP contribution in [-0.2, 0) is 9.59 Å². The Morgan fingerprint density at radius 1 is 1.15 bits per heavy atom. The molecule has 0 aromatic heterocycles. The van der Waals surface area contributed by atoms with E-state index in [4.69, 9.17) is 5.11 Å². The van der Waals surface area contributed by atoms with Crippen molar-refractivity contribution in [1.82, 2.24) is 10.2 Å². The number of hydrogen-bond donors (Lipinski definition) is 2. The predicted molar refractivity (Wildman–Crippen MR) is 76.2 cm³/mol. The normalized spacial score (nSPS) is 11.1. The quantitative estimate of drug-likeness (QED) is 0.700. The summed E-state index contributed by atoms with van der Waals surface area (Å²) < 4.78 is 0. The van der Waals surface area contributed by atoms with Gasteiger partial charge in [0.1, 0.15) is 0 Å². The Morgan fingerprint density at radius 3 is 2.10 bits per heavy atom. The van der Waals surface area contributed by atoms with Crippen LogP contribution in [0, 0.1) is 5.92 Å². The molecule has 114 valence electrons. The largest absolute Gasteiger partial charge is 0.478 e. The number of nitrogens with one attached hydrogen (secondary N) is 1. The Balaban J connectivity index is 4.78. The zero-order valence-corrected chi connectivity index (χ0v) is 12.5. The monoisotopic (exact) mass is 284 g/mol. The van der Waals surface area contributed by atoms with Crippen molar-refractivity contribution in [3.8, 4) is 0 Å². The second-order valence-corrected chi connectivity index (χ2v) is 4.98. The lowest BCUT2D eigenvalue weighted by atomic mass is 10.1. The van der Waals surface area contributed by atoms with Gasteiger partial charge in [0.2, 0.25) is 0 Å². The van der Waals surface area contributed by atoms with E-state index in [2.05, 4.69) is 5.32 Å². The van der Waals surface area contributed by atoms with Crippen molar-refractivity contribution in [1.29, 1.82) is 0 Å². The highest BCUT2D eigenvalue weighted by Gasteiger charge is 2.22. The molecule has 0 rings (SSSR count). The number of imide groups is 1. The lowest BCUT2D eigenvalue weighted by Crippen LogP contribution is -2.48. The number of amides is 3. The molecule has 0 aromatic carbocycles. The molecular formula is C14H24N2O4. The van der Waals surface area contributed by atoms with E-state index in [9.17, 15) is 14.4 Å². The summed E-state index contributed by atoms with van der Waals surface area (Å²) in [6, 6.07) is -0.416. The summed E-state index contributed by atoms with van der Waals surface area (Å²) >= 11 is 0. The van der Waals surface area contributed by atoms with Gasteiger partial charge in [-0.25, -0.2) is 9.59 Å². The minimum Gasteiger partial charge on any atom is -0.478 e. The van der Waals surface area contributed by atoms with Crippen LogP contribution in [0.3, 0.4) is 0 Å². The Bertz CT molecular complexity index is 373. The van der Waals surface area contributed by atoms with E-state index < -0.39 is 17.9 Å². The second-order valence-electron chi connectivity index (χ2n) is 4.98. The van der Waals surface area contributed by atoms with Gasteiger partial charge in [0, 0.05) is 24.7 Å². The van der Waals surface area contributed by atoms with Crippen LogP contribution in [0.2, 0.25) is 0 Å². The van der Waals surface area contributed by atoms with Gasteiger partial charge >= 0.3 is 12.0 Å². The molecule has 0 spiro atoms. The minimum atomic E-state index is -1.23. The fourth-order valence-corrected chi connectivity index (χ4v) is 1.89. The molecule has 0 aliphatic rings.